The van der Waals surface area contributed by atoms with Crippen molar-refractivity contribution in [1.82, 2.24) is 4.98 Å². The molecule has 0 bridgehead atoms. The van der Waals surface area contributed by atoms with Gasteiger partial charge in [-0.1, -0.05) is 51.1 Å². The van der Waals surface area contributed by atoms with Crippen LogP contribution in [-0.4, -0.2) is 4.98 Å². The largest absolute Gasteiger partial charge is 0.457 e. The molecule has 3 aromatic heterocycles. The molecule has 0 spiro atoms. The zero-order valence-electron chi connectivity index (χ0n) is 18.1. The van der Waals surface area contributed by atoms with Gasteiger partial charge in [-0.25, -0.2) is 0 Å². The van der Waals surface area contributed by atoms with Gasteiger partial charge in [0, 0.05) is 27.9 Å². The van der Waals surface area contributed by atoms with Crippen LogP contribution in [0, 0.1) is 6.92 Å². The van der Waals surface area contributed by atoms with E-state index in [1.807, 2.05) is 25.3 Å². The highest BCUT2D eigenvalue weighted by atomic mass is 16.4. The Morgan fingerprint density at radius 3 is 2.35 bits per heavy atom. The molecule has 6 aromatic rings. The van der Waals surface area contributed by atoms with Crippen molar-refractivity contribution in [3.05, 3.63) is 78.2 Å². The van der Waals surface area contributed by atoms with E-state index in [2.05, 4.69) is 69.3 Å². The highest BCUT2D eigenvalue weighted by Gasteiger charge is 2.21. The SMILES string of the molecule is Cc1cc2ccc3c4ccnc(-c5cc(C(C)(C)C)c6ccccc6c5)c4oc3c2o1. The first-order chi connectivity index (χ1) is 14.9. The van der Waals surface area contributed by atoms with Crippen molar-refractivity contribution < 1.29 is 8.83 Å². The predicted molar refractivity (Wildman–Crippen MR) is 128 cm³/mol. The lowest BCUT2D eigenvalue weighted by molar-refractivity contribution is 0.569. The van der Waals surface area contributed by atoms with E-state index in [1.54, 1.807) is 0 Å². The lowest BCUT2D eigenvalue weighted by Gasteiger charge is -2.22. The minimum atomic E-state index is 0.00917. The van der Waals surface area contributed by atoms with Gasteiger partial charge in [-0.15, -0.1) is 0 Å². The number of pyridine rings is 1. The fraction of sp³-hybridized carbons (Fsp3) is 0.179. The molecule has 3 heterocycles. The number of benzene rings is 3. The molecular formula is C28H23NO2. The number of hydrogen-bond donors (Lipinski definition) is 0. The quantitative estimate of drug-likeness (QED) is 0.277. The van der Waals surface area contributed by atoms with Crippen molar-refractivity contribution in [2.75, 3.05) is 0 Å². The second-order valence-corrected chi connectivity index (χ2v) is 9.35. The van der Waals surface area contributed by atoms with Gasteiger partial charge < -0.3 is 8.83 Å². The fourth-order valence-electron chi connectivity index (χ4n) is 4.66. The van der Waals surface area contributed by atoms with E-state index in [1.165, 1.54) is 16.3 Å². The van der Waals surface area contributed by atoms with Gasteiger partial charge >= 0.3 is 0 Å². The van der Waals surface area contributed by atoms with Gasteiger partial charge in [0.1, 0.15) is 11.5 Å². The molecule has 0 unspecified atom stereocenters. The van der Waals surface area contributed by atoms with E-state index < -0.39 is 0 Å². The average Bonchev–Trinajstić information content (AvgIpc) is 3.31. The Morgan fingerprint density at radius 1 is 0.710 bits per heavy atom. The molecule has 0 N–H and O–H groups in total. The van der Waals surface area contributed by atoms with Crippen LogP contribution in [0.15, 0.2) is 75.7 Å². The molecule has 3 heteroatoms. The lowest BCUT2D eigenvalue weighted by atomic mass is 9.82. The number of nitrogens with zero attached hydrogens (tertiary/aromatic N) is 1. The molecule has 0 saturated heterocycles. The van der Waals surface area contributed by atoms with E-state index in [0.29, 0.717) is 0 Å². The summed E-state index contributed by atoms with van der Waals surface area (Å²) < 4.78 is 12.4. The van der Waals surface area contributed by atoms with Crippen molar-refractivity contribution in [3.8, 4) is 11.3 Å². The van der Waals surface area contributed by atoms with Gasteiger partial charge in [0.25, 0.3) is 0 Å². The van der Waals surface area contributed by atoms with Gasteiger partial charge in [0.05, 0.1) is 0 Å². The molecule has 0 aliphatic heterocycles. The summed E-state index contributed by atoms with van der Waals surface area (Å²) in [5, 5.41) is 5.66. The Hall–Kier alpha value is -3.59. The molecule has 0 aliphatic rings. The molecule has 0 saturated carbocycles. The predicted octanol–water partition coefficient (Wildman–Crippen LogP) is 8.15. The second kappa shape index (κ2) is 6.21. The Morgan fingerprint density at radius 2 is 1.52 bits per heavy atom. The van der Waals surface area contributed by atoms with Crippen molar-refractivity contribution in [3.63, 3.8) is 0 Å². The Kier molecular flexibility index (Phi) is 3.64. The maximum atomic E-state index is 6.45. The van der Waals surface area contributed by atoms with Crippen LogP contribution in [-0.2, 0) is 5.41 Å². The minimum absolute atomic E-state index is 0.00917. The van der Waals surface area contributed by atoms with Crippen molar-refractivity contribution >= 4 is 43.7 Å². The van der Waals surface area contributed by atoms with Crippen molar-refractivity contribution in [1.29, 1.82) is 0 Å². The summed E-state index contributed by atoms with van der Waals surface area (Å²) >= 11 is 0. The van der Waals surface area contributed by atoms with Crippen LogP contribution in [0.2, 0.25) is 0 Å². The molecule has 152 valence electrons. The lowest BCUT2D eigenvalue weighted by Crippen LogP contribution is -2.12. The summed E-state index contributed by atoms with van der Waals surface area (Å²) in [6, 6.07) is 21.3. The van der Waals surface area contributed by atoms with E-state index in [4.69, 9.17) is 13.8 Å². The third kappa shape index (κ3) is 2.70. The first kappa shape index (κ1) is 18.2. The van der Waals surface area contributed by atoms with E-state index in [9.17, 15) is 0 Å². The number of furan rings is 2. The van der Waals surface area contributed by atoms with Crippen LogP contribution in [0.1, 0.15) is 32.1 Å². The van der Waals surface area contributed by atoms with E-state index in [-0.39, 0.29) is 5.41 Å². The van der Waals surface area contributed by atoms with E-state index >= 15 is 0 Å². The smallest absolute Gasteiger partial charge is 0.178 e. The van der Waals surface area contributed by atoms with Gasteiger partial charge in [-0.05, 0) is 59.0 Å². The van der Waals surface area contributed by atoms with Crippen molar-refractivity contribution in [2.24, 2.45) is 0 Å². The Bertz CT molecular complexity index is 1630. The molecule has 0 aliphatic carbocycles. The highest BCUT2D eigenvalue weighted by molar-refractivity contribution is 6.15. The first-order valence-electron chi connectivity index (χ1n) is 10.6. The zero-order chi connectivity index (χ0) is 21.3. The van der Waals surface area contributed by atoms with Gasteiger partial charge in [-0.2, -0.15) is 0 Å². The van der Waals surface area contributed by atoms with Gasteiger partial charge in [-0.3, -0.25) is 4.98 Å². The minimum Gasteiger partial charge on any atom is -0.457 e. The summed E-state index contributed by atoms with van der Waals surface area (Å²) in [6.45, 7) is 8.72. The zero-order valence-corrected chi connectivity index (χ0v) is 18.1. The second-order valence-electron chi connectivity index (χ2n) is 9.35. The highest BCUT2D eigenvalue weighted by Crippen LogP contribution is 2.40. The topological polar surface area (TPSA) is 39.2 Å². The molecule has 0 radical (unpaired) electrons. The molecule has 0 atom stereocenters. The van der Waals surface area contributed by atoms with Crippen molar-refractivity contribution in [2.45, 2.75) is 33.1 Å². The van der Waals surface area contributed by atoms with Gasteiger partial charge in [0.15, 0.2) is 16.7 Å². The number of rotatable bonds is 1. The summed E-state index contributed by atoms with van der Waals surface area (Å²) in [5.41, 5.74) is 5.63. The van der Waals surface area contributed by atoms with E-state index in [0.717, 1.165) is 49.9 Å². The molecule has 31 heavy (non-hydrogen) atoms. The molecule has 6 rings (SSSR count). The molecule has 0 amide bonds. The van der Waals surface area contributed by atoms with Crippen LogP contribution in [0.5, 0.6) is 0 Å². The van der Waals surface area contributed by atoms with Crippen LogP contribution >= 0.6 is 0 Å². The Balaban J connectivity index is 1.70. The maximum absolute atomic E-state index is 6.45. The molecule has 3 nitrogen and oxygen atoms in total. The third-order valence-electron chi connectivity index (χ3n) is 6.11. The summed E-state index contributed by atoms with van der Waals surface area (Å²) in [5.74, 6) is 0.880. The average molecular weight is 405 g/mol. The summed E-state index contributed by atoms with van der Waals surface area (Å²) in [7, 11) is 0. The van der Waals surface area contributed by atoms with Crippen LogP contribution in [0.25, 0.3) is 54.9 Å². The summed E-state index contributed by atoms with van der Waals surface area (Å²) in [4.78, 5) is 4.76. The monoisotopic (exact) mass is 405 g/mol. The third-order valence-corrected chi connectivity index (χ3v) is 6.11. The normalized spacial score (nSPS) is 12.5. The molecular weight excluding hydrogens is 382 g/mol. The number of hydrogen-bond acceptors (Lipinski definition) is 3. The number of aryl methyl sites for hydroxylation is 1. The van der Waals surface area contributed by atoms with Crippen LogP contribution in [0.4, 0.5) is 0 Å². The van der Waals surface area contributed by atoms with Gasteiger partial charge in [0.2, 0.25) is 0 Å². The maximum Gasteiger partial charge on any atom is 0.178 e. The van der Waals surface area contributed by atoms with Crippen LogP contribution < -0.4 is 0 Å². The number of aromatic nitrogens is 1. The molecule has 3 aromatic carbocycles. The Labute approximate surface area is 180 Å². The van der Waals surface area contributed by atoms with Crippen LogP contribution in [0.3, 0.4) is 0 Å². The fourth-order valence-corrected chi connectivity index (χ4v) is 4.66. The first-order valence-corrected chi connectivity index (χ1v) is 10.6. The molecule has 0 fully saturated rings. The standard InChI is InChI=1S/C28H23NO2/c1-16-13-18-9-10-21-22-11-12-29-24(26(22)31-27(21)25(18)30-16)19-14-17-7-5-6-8-20(17)23(15-19)28(2,3)4/h5-15H,1-4H3. The number of fused-ring (bicyclic) bond motifs is 6. The summed E-state index contributed by atoms with van der Waals surface area (Å²) in [6.07, 6.45) is 1.87.